The van der Waals surface area contributed by atoms with Gasteiger partial charge in [0.05, 0.1) is 13.7 Å². The van der Waals surface area contributed by atoms with Crippen LogP contribution in [0.25, 0.3) is 0 Å². The van der Waals surface area contributed by atoms with Crippen LogP contribution in [0.15, 0.2) is 18.2 Å². The second-order valence-electron chi connectivity index (χ2n) is 5.30. The minimum Gasteiger partial charge on any atom is -0.494 e. The Morgan fingerprint density at radius 1 is 1.50 bits per heavy atom. The lowest BCUT2D eigenvalue weighted by Crippen LogP contribution is -2.34. The van der Waals surface area contributed by atoms with Crippen molar-refractivity contribution in [3.8, 4) is 5.75 Å². The van der Waals surface area contributed by atoms with Gasteiger partial charge >= 0.3 is 0 Å². The van der Waals surface area contributed by atoms with Crippen molar-refractivity contribution in [2.45, 2.75) is 32.2 Å². The van der Waals surface area contributed by atoms with E-state index in [0.717, 1.165) is 44.6 Å². The minimum atomic E-state index is -0.301. The van der Waals surface area contributed by atoms with Crippen molar-refractivity contribution >= 4 is 0 Å². The SMILES string of the molecule is CCCNC(c1ccc(OC)c(F)c1)C1CCCOC1. The van der Waals surface area contributed by atoms with Crippen LogP contribution in [-0.2, 0) is 4.74 Å². The predicted octanol–water partition coefficient (Wildman–Crippen LogP) is 3.30. The fourth-order valence-electron chi connectivity index (χ4n) is 2.76. The van der Waals surface area contributed by atoms with E-state index in [1.165, 1.54) is 7.11 Å². The third kappa shape index (κ3) is 3.70. The van der Waals surface area contributed by atoms with Crippen molar-refractivity contribution in [3.63, 3.8) is 0 Å². The zero-order valence-electron chi connectivity index (χ0n) is 12.3. The van der Waals surface area contributed by atoms with Crippen molar-refractivity contribution in [3.05, 3.63) is 29.6 Å². The lowest BCUT2D eigenvalue weighted by molar-refractivity contribution is 0.0390. The van der Waals surface area contributed by atoms with Crippen LogP contribution in [0.4, 0.5) is 4.39 Å². The van der Waals surface area contributed by atoms with Gasteiger partial charge in [0.25, 0.3) is 0 Å². The largest absolute Gasteiger partial charge is 0.494 e. The molecule has 0 aliphatic carbocycles. The molecule has 2 rings (SSSR count). The number of halogens is 1. The summed E-state index contributed by atoms with van der Waals surface area (Å²) < 4.78 is 24.5. The number of hydrogen-bond donors (Lipinski definition) is 1. The maximum absolute atomic E-state index is 13.9. The van der Waals surface area contributed by atoms with E-state index in [1.807, 2.05) is 6.07 Å². The topological polar surface area (TPSA) is 30.5 Å². The molecular weight excluding hydrogens is 257 g/mol. The first-order valence-corrected chi connectivity index (χ1v) is 7.40. The van der Waals surface area contributed by atoms with E-state index >= 15 is 0 Å². The standard InChI is InChI=1S/C16H24FNO2/c1-3-8-18-16(13-5-4-9-20-11-13)12-6-7-15(19-2)14(17)10-12/h6-7,10,13,16,18H,3-5,8-9,11H2,1-2H3. The van der Waals surface area contributed by atoms with Crippen LogP contribution in [0.2, 0.25) is 0 Å². The first kappa shape index (κ1) is 15.3. The summed E-state index contributed by atoms with van der Waals surface area (Å²) in [6, 6.07) is 5.38. The first-order valence-electron chi connectivity index (χ1n) is 7.40. The van der Waals surface area contributed by atoms with E-state index in [4.69, 9.17) is 9.47 Å². The average Bonchev–Trinajstić information content (AvgIpc) is 2.49. The molecule has 0 amide bonds. The van der Waals surface area contributed by atoms with E-state index in [0.29, 0.717) is 11.7 Å². The van der Waals surface area contributed by atoms with E-state index in [2.05, 4.69) is 12.2 Å². The van der Waals surface area contributed by atoms with Crippen LogP contribution in [0, 0.1) is 11.7 Å². The lowest BCUT2D eigenvalue weighted by atomic mass is 9.88. The number of benzene rings is 1. The molecular formula is C16H24FNO2. The van der Waals surface area contributed by atoms with Gasteiger partial charge in [0.2, 0.25) is 0 Å². The van der Waals surface area contributed by atoms with Crippen molar-refractivity contribution in [1.29, 1.82) is 0 Å². The van der Waals surface area contributed by atoms with Gasteiger partial charge in [-0.25, -0.2) is 4.39 Å². The molecule has 0 aromatic heterocycles. The lowest BCUT2D eigenvalue weighted by Gasteiger charge is -2.31. The Bertz CT molecular complexity index is 419. The smallest absolute Gasteiger partial charge is 0.165 e. The highest BCUT2D eigenvalue weighted by atomic mass is 19.1. The maximum Gasteiger partial charge on any atom is 0.165 e. The van der Waals surface area contributed by atoms with Gasteiger partial charge in [-0.3, -0.25) is 0 Å². The molecule has 1 saturated heterocycles. The predicted molar refractivity (Wildman–Crippen MR) is 77.5 cm³/mol. The zero-order valence-corrected chi connectivity index (χ0v) is 12.3. The van der Waals surface area contributed by atoms with Gasteiger partial charge in [0, 0.05) is 18.6 Å². The second kappa shape index (κ2) is 7.60. The van der Waals surface area contributed by atoms with Gasteiger partial charge in [0.15, 0.2) is 11.6 Å². The summed E-state index contributed by atoms with van der Waals surface area (Å²) in [5.41, 5.74) is 0.979. The Morgan fingerprint density at radius 2 is 2.35 bits per heavy atom. The minimum absolute atomic E-state index is 0.149. The van der Waals surface area contributed by atoms with E-state index < -0.39 is 0 Å². The Morgan fingerprint density at radius 3 is 2.95 bits per heavy atom. The molecule has 4 heteroatoms. The maximum atomic E-state index is 13.9. The summed E-state index contributed by atoms with van der Waals surface area (Å²) in [5, 5.41) is 3.53. The fourth-order valence-corrected chi connectivity index (χ4v) is 2.76. The summed E-state index contributed by atoms with van der Waals surface area (Å²) in [5.74, 6) is 0.399. The third-order valence-electron chi connectivity index (χ3n) is 3.82. The highest BCUT2D eigenvalue weighted by Gasteiger charge is 2.25. The quantitative estimate of drug-likeness (QED) is 0.868. The Balaban J connectivity index is 2.18. The molecule has 1 aliphatic heterocycles. The Labute approximate surface area is 120 Å². The monoisotopic (exact) mass is 281 g/mol. The average molecular weight is 281 g/mol. The summed E-state index contributed by atoms with van der Waals surface area (Å²) in [7, 11) is 1.49. The molecule has 1 N–H and O–H groups in total. The van der Waals surface area contributed by atoms with Gasteiger partial charge in [-0.05, 0) is 43.5 Å². The Hall–Kier alpha value is -1.13. The molecule has 0 saturated carbocycles. The van der Waals surface area contributed by atoms with Crippen LogP contribution in [0.3, 0.4) is 0 Å². The van der Waals surface area contributed by atoms with Gasteiger partial charge < -0.3 is 14.8 Å². The number of nitrogens with one attached hydrogen (secondary N) is 1. The van der Waals surface area contributed by atoms with Crippen molar-refractivity contribution < 1.29 is 13.9 Å². The van der Waals surface area contributed by atoms with Crippen LogP contribution >= 0.6 is 0 Å². The van der Waals surface area contributed by atoms with Gasteiger partial charge in [-0.15, -0.1) is 0 Å². The van der Waals surface area contributed by atoms with Crippen molar-refractivity contribution in [2.24, 2.45) is 5.92 Å². The molecule has 1 aliphatic rings. The summed E-state index contributed by atoms with van der Waals surface area (Å²) in [6.45, 7) is 4.65. The number of ether oxygens (including phenoxy) is 2. The molecule has 112 valence electrons. The summed E-state index contributed by atoms with van der Waals surface area (Å²) in [6.07, 6.45) is 3.26. The van der Waals surface area contributed by atoms with Gasteiger partial charge in [-0.2, -0.15) is 0 Å². The van der Waals surface area contributed by atoms with Crippen LogP contribution in [-0.4, -0.2) is 26.9 Å². The molecule has 2 unspecified atom stereocenters. The molecule has 2 atom stereocenters. The highest BCUT2D eigenvalue weighted by Crippen LogP contribution is 2.31. The van der Waals surface area contributed by atoms with Crippen LogP contribution in [0.5, 0.6) is 5.75 Å². The van der Waals surface area contributed by atoms with Gasteiger partial charge in [-0.1, -0.05) is 13.0 Å². The summed E-state index contributed by atoms with van der Waals surface area (Å²) >= 11 is 0. The van der Waals surface area contributed by atoms with Crippen LogP contribution < -0.4 is 10.1 Å². The first-order chi connectivity index (χ1) is 9.76. The van der Waals surface area contributed by atoms with Crippen molar-refractivity contribution in [1.82, 2.24) is 5.32 Å². The van der Waals surface area contributed by atoms with Gasteiger partial charge in [0.1, 0.15) is 0 Å². The molecule has 1 fully saturated rings. The van der Waals surface area contributed by atoms with Crippen LogP contribution in [0.1, 0.15) is 37.8 Å². The number of methoxy groups -OCH3 is 1. The molecule has 0 spiro atoms. The highest BCUT2D eigenvalue weighted by molar-refractivity contribution is 5.31. The third-order valence-corrected chi connectivity index (χ3v) is 3.82. The second-order valence-corrected chi connectivity index (χ2v) is 5.30. The summed E-state index contributed by atoms with van der Waals surface area (Å²) in [4.78, 5) is 0. The Kier molecular flexibility index (Phi) is 5.80. The zero-order chi connectivity index (χ0) is 14.4. The van der Waals surface area contributed by atoms with E-state index in [9.17, 15) is 4.39 Å². The normalized spacial score (nSPS) is 20.6. The van der Waals surface area contributed by atoms with E-state index in [-0.39, 0.29) is 11.9 Å². The van der Waals surface area contributed by atoms with E-state index in [1.54, 1.807) is 12.1 Å². The molecule has 0 radical (unpaired) electrons. The molecule has 0 bridgehead atoms. The number of hydrogen-bond acceptors (Lipinski definition) is 3. The fraction of sp³-hybridized carbons (Fsp3) is 0.625. The van der Waals surface area contributed by atoms with Crippen molar-refractivity contribution in [2.75, 3.05) is 26.9 Å². The molecule has 20 heavy (non-hydrogen) atoms. The molecule has 3 nitrogen and oxygen atoms in total. The number of rotatable bonds is 6. The molecule has 1 aromatic rings. The molecule has 1 heterocycles. The molecule has 1 aromatic carbocycles.